The molecule has 0 unspecified atom stereocenters. The summed E-state index contributed by atoms with van der Waals surface area (Å²) in [4.78, 5) is 11.3. The lowest BCUT2D eigenvalue weighted by atomic mass is 10.3. The van der Waals surface area contributed by atoms with E-state index in [9.17, 15) is 0 Å². The van der Waals surface area contributed by atoms with Gasteiger partial charge in [0.05, 0.1) is 5.01 Å². The molecule has 3 nitrogen and oxygen atoms in total. The van der Waals surface area contributed by atoms with Gasteiger partial charge >= 0.3 is 0 Å². The highest BCUT2D eigenvalue weighted by atomic mass is 32.1. The van der Waals surface area contributed by atoms with Crippen molar-refractivity contribution in [3.8, 4) is 11.4 Å². The fourth-order valence-corrected chi connectivity index (χ4v) is 3.14. The fraction of sp³-hybridized carbons (Fsp3) is 0.200. The van der Waals surface area contributed by atoms with E-state index in [-0.39, 0.29) is 0 Å². The molecule has 3 rings (SSSR count). The Morgan fingerprint density at radius 3 is 2.80 bits per heavy atom. The van der Waals surface area contributed by atoms with Gasteiger partial charge in [-0.25, -0.2) is 9.97 Å². The van der Waals surface area contributed by atoms with E-state index < -0.39 is 0 Å². The summed E-state index contributed by atoms with van der Waals surface area (Å²) < 4.78 is 2.04. The third-order valence-corrected chi connectivity index (χ3v) is 3.90. The number of aryl methyl sites for hydroxylation is 2. The van der Waals surface area contributed by atoms with E-state index in [1.807, 2.05) is 29.1 Å². The zero-order chi connectivity index (χ0) is 10.4. The predicted octanol–water partition coefficient (Wildman–Crippen LogP) is 3.14. The highest BCUT2D eigenvalue weighted by molar-refractivity contribution is 7.15. The Balaban J connectivity index is 2.21. The summed E-state index contributed by atoms with van der Waals surface area (Å²) in [5.74, 6) is 0. The molecule has 0 atom stereocenters. The van der Waals surface area contributed by atoms with Crippen molar-refractivity contribution >= 4 is 27.6 Å². The molecule has 0 aromatic carbocycles. The van der Waals surface area contributed by atoms with Gasteiger partial charge in [-0.3, -0.25) is 4.40 Å². The van der Waals surface area contributed by atoms with Crippen LogP contribution in [0.3, 0.4) is 0 Å². The first-order valence-electron chi connectivity index (χ1n) is 4.60. The number of nitrogens with zero attached hydrogens (tertiary/aromatic N) is 3. The maximum absolute atomic E-state index is 4.54. The summed E-state index contributed by atoms with van der Waals surface area (Å²) in [7, 11) is 0. The van der Waals surface area contributed by atoms with E-state index in [1.165, 1.54) is 4.88 Å². The van der Waals surface area contributed by atoms with E-state index in [2.05, 4.69) is 16.9 Å². The molecular formula is C10H9N3S2. The van der Waals surface area contributed by atoms with Crippen LogP contribution in [0.4, 0.5) is 0 Å². The normalized spacial score (nSPS) is 11.3. The van der Waals surface area contributed by atoms with Gasteiger partial charge in [0.1, 0.15) is 11.4 Å². The van der Waals surface area contributed by atoms with Crippen LogP contribution in [-0.2, 0) is 0 Å². The van der Waals surface area contributed by atoms with Crippen molar-refractivity contribution in [2.45, 2.75) is 13.8 Å². The number of imidazole rings is 1. The van der Waals surface area contributed by atoms with Gasteiger partial charge in [-0.15, -0.1) is 22.7 Å². The number of rotatable bonds is 1. The average Bonchev–Trinajstić information content (AvgIpc) is 2.77. The van der Waals surface area contributed by atoms with Gasteiger partial charge in [-0.1, -0.05) is 0 Å². The maximum Gasteiger partial charge on any atom is 0.194 e. The van der Waals surface area contributed by atoms with Crippen LogP contribution in [0.1, 0.15) is 9.88 Å². The lowest BCUT2D eigenvalue weighted by Crippen LogP contribution is -1.79. The summed E-state index contributed by atoms with van der Waals surface area (Å²) in [5, 5.41) is 3.13. The van der Waals surface area contributed by atoms with E-state index in [0.29, 0.717) is 0 Å². The van der Waals surface area contributed by atoms with Crippen LogP contribution in [0.25, 0.3) is 16.3 Å². The Morgan fingerprint density at radius 1 is 1.27 bits per heavy atom. The molecule has 0 bridgehead atoms. The molecule has 76 valence electrons. The molecule has 3 aromatic heterocycles. The van der Waals surface area contributed by atoms with Crippen molar-refractivity contribution in [3.05, 3.63) is 27.7 Å². The van der Waals surface area contributed by atoms with Gasteiger partial charge in [0.15, 0.2) is 4.96 Å². The molecule has 0 spiro atoms. The van der Waals surface area contributed by atoms with Gasteiger partial charge in [0, 0.05) is 22.7 Å². The van der Waals surface area contributed by atoms with Crippen molar-refractivity contribution in [2.24, 2.45) is 0 Å². The minimum Gasteiger partial charge on any atom is -0.297 e. The first-order valence-corrected chi connectivity index (χ1v) is 6.30. The minimum atomic E-state index is 0.976. The zero-order valence-electron chi connectivity index (χ0n) is 8.39. The maximum atomic E-state index is 4.54. The smallest absolute Gasteiger partial charge is 0.194 e. The van der Waals surface area contributed by atoms with Gasteiger partial charge in [0.25, 0.3) is 0 Å². The summed E-state index contributed by atoms with van der Waals surface area (Å²) in [6.07, 6.45) is 4.05. The van der Waals surface area contributed by atoms with Gasteiger partial charge in [-0.2, -0.15) is 0 Å². The largest absolute Gasteiger partial charge is 0.297 e. The van der Waals surface area contributed by atoms with Gasteiger partial charge in [-0.05, 0) is 13.8 Å². The predicted molar refractivity (Wildman–Crippen MR) is 63.7 cm³/mol. The Labute approximate surface area is 95.1 Å². The Kier molecular flexibility index (Phi) is 1.90. The molecule has 5 heteroatoms. The number of aromatic nitrogens is 3. The molecule has 3 heterocycles. The molecule has 0 aliphatic rings. The van der Waals surface area contributed by atoms with Gasteiger partial charge in [0.2, 0.25) is 0 Å². The molecule has 0 N–H and O–H groups in total. The van der Waals surface area contributed by atoms with E-state index in [1.54, 1.807) is 22.7 Å². The monoisotopic (exact) mass is 235 g/mol. The Hall–Kier alpha value is -1.20. The Morgan fingerprint density at radius 2 is 2.13 bits per heavy atom. The summed E-state index contributed by atoms with van der Waals surface area (Å²) in [6, 6.07) is 0. The van der Waals surface area contributed by atoms with Crippen LogP contribution in [0, 0.1) is 13.8 Å². The van der Waals surface area contributed by atoms with Crippen LogP contribution < -0.4 is 0 Å². The highest BCUT2D eigenvalue weighted by Gasteiger charge is 2.11. The molecular weight excluding hydrogens is 226 g/mol. The van der Waals surface area contributed by atoms with Crippen LogP contribution in [0.15, 0.2) is 17.8 Å². The summed E-state index contributed by atoms with van der Waals surface area (Å²) in [5.41, 5.74) is 2.00. The van der Waals surface area contributed by atoms with E-state index in [4.69, 9.17) is 0 Å². The molecule has 0 radical (unpaired) electrons. The topological polar surface area (TPSA) is 30.2 Å². The molecule has 0 aliphatic heterocycles. The van der Waals surface area contributed by atoms with Gasteiger partial charge < -0.3 is 0 Å². The van der Waals surface area contributed by atoms with Crippen molar-refractivity contribution < 1.29 is 0 Å². The van der Waals surface area contributed by atoms with Crippen molar-refractivity contribution in [3.63, 3.8) is 0 Å². The zero-order valence-corrected chi connectivity index (χ0v) is 10.0. The average molecular weight is 235 g/mol. The molecule has 15 heavy (non-hydrogen) atoms. The van der Waals surface area contributed by atoms with Crippen molar-refractivity contribution in [1.29, 1.82) is 0 Å². The first kappa shape index (κ1) is 9.06. The van der Waals surface area contributed by atoms with Crippen molar-refractivity contribution in [1.82, 2.24) is 14.4 Å². The van der Waals surface area contributed by atoms with E-state index >= 15 is 0 Å². The first-order chi connectivity index (χ1) is 7.24. The summed E-state index contributed by atoms with van der Waals surface area (Å²) in [6.45, 7) is 4.12. The fourth-order valence-electron chi connectivity index (χ4n) is 1.61. The van der Waals surface area contributed by atoms with Crippen LogP contribution >= 0.6 is 22.7 Å². The third kappa shape index (κ3) is 1.39. The second-order valence-corrected chi connectivity index (χ2v) is 5.64. The molecule has 0 aliphatic carbocycles. The van der Waals surface area contributed by atoms with Crippen molar-refractivity contribution in [2.75, 3.05) is 0 Å². The second-order valence-electron chi connectivity index (χ2n) is 3.36. The quantitative estimate of drug-likeness (QED) is 0.648. The number of thiazole rings is 2. The van der Waals surface area contributed by atoms with Crippen LogP contribution in [-0.4, -0.2) is 14.4 Å². The second kappa shape index (κ2) is 3.15. The summed E-state index contributed by atoms with van der Waals surface area (Å²) >= 11 is 3.36. The lowest BCUT2D eigenvalue weighted by Gasteiger charge is -1.89. The SMILES string of the molecule is Cc1nc(-c2cn3ccsc3n2)c(C)s1. The highest BCUT2D eigenvalue weighted by Crippen LogP contribution is 2.27. The standard InChI is InChI=1S/C10H9N3S2/c1-6-9(11-7(2)15-6)8-5-13-3-4-14-10(13)12-8/h3-5H,1-2H3. The molecule has 0 fully saturated rings. The molecule has 3 aromatic rings. The molecule has 0 saturated heterocycles. The number of hydrogen-bond acceptors (Lipinski definition) is 4. The molecule has 0 saturated carbocycles. The van der Waals surface area contributed by atoms with E-state index in [0.717, 1.165) is 21.4 Å². The minimum absolute atomic E-state index is 0.976. The van der Waals surface area contributed by atoms with Crippen LogP contribution in [0.5, 0.6) is 0 Å². The third-order valence-electron chi connectivity index (χ3n) is 2.24. The number of fused-ring (bicyclic) bond motifs is 1. The van der Waals surface area contributed by atoms with Crippen LogP contribution in [0.2, 0.25) is 0 Å². The number of hydrogen-bond donors (Lipinski definition) is 0. The lowest BCUT2D eigenvalue weighted by molar-refractivity contribution is 1.23. The Bertz CT molecular complexity index is 589. The molecule has 0 amide bonds.